The van der Waals surface area contributed by atoms with Gasteiger partial charge in [0.15, 0.2) is 11.5 Å². The lowest BCUT2D eigenvalue weighted by atomic mass is 10.0. The zero-order valence-electron chi connectivity index (χ0n) is 15.3. The first-order chi connectivity index (χ1) is 13.7. The van der Waals surface area contributed by atoms with Gasteiger partial charge in [-0.05, 0) is 52.2 Å². The van der Waals surface area contributed by atoms with Crippen molar-refractivity contribution in [2.45, 2.75) is 0 Å². The fourth-order valence-electron chi connectivity index (χ4n) is 3.61. The summed E-state index contributed by atoms with van der Waals surface area (Å²) in [5.74, 6) is 0.589. The summed E-state index contributed by atoms with van der Waals surface area (Å²) in [6.45, 7) is 0. The van der Waals surface area contributed by atoms with Crippen LogP contribution >= 0.6 is 0 Å². The van der Waals surface area contributed by atoms with Crippen LogP contribution in [0.25, 0.3) is 44.1 Å². The van der Waals surface area contributed by atoms with Crippen molar-refractivity contribution in [2.24, 2.45) is 0 Å². The van der Waals surface area contributed by atoms with Gasteiger partial charge in [0.1, 0.15) is 0 Å². The summed E-state index contributed by atoms with van der Waals surface area (Å²) in [6.07, 6.45) is 0. The number of ether oxygens (including phenoxy) is 1. The van der Waals surface area contributed by atoms with E-state index in [0.717, 1.165) is 33.3 Å². The maximum atomic E-state index is 9.82. The largest absolute Gasteiger partial charge is 0.504 e. The number of aromatic hydroxyl groups is 1. The van der Waals surface area contributed by atoms with E-state index >= 15 is 0 Å². The molecule has 28 heavy (non-hydrogen) atoms. The van der Waals surface area contributed by atoms with E-state index < -0.39 is 0 Å². The number of rotatable bonds is 3. The summed E-state index contributed by atoms with van der Waals surface area (Å²) in [4.78, 5) is 0. The molecule has 0 radical (unpaired) electrons. The van der Waals surface area contributed by atoms with Crippen molar-refractivity contribution in [1.29, 1.82) is 0 Å². The van der Waals surface area contributed by atoms with Crippen molar-refractivity contribution in [2.75, 3.05) is 7.11 Å². The Bertz CT molecular complexity index is 1320. The molecule has 0 fully saturated rings. The third kappa shape index (κ3) is 2.67. The molecule has 1 aromatic heterocycles. The van der Waals surface area contributed by atoms with E-state index in [1.54, 1.807) is 13.2 Å². The molecule has 0 saturated carbocycles. The number of H-pyrrole nitrogens is 1. The lowest BCUT2D eigenvalue weighted by Gasteiger charge is -2.07. The summed E-state index contributed by atoms with van der Waals surface area (Å²) in [5, 5.41) is 21.0. The number of fused-ring (bicyclic) bond motifs is 2. The molecule has 5 rings (SSSR count). The number of phenolic OH excluding ortho intramolecular Hbond substituents is 1. The summed E-state index contributed by atoms with van der Waals surface area (Å²) < 4.78 is 5.22. The quantitative estimate of drug-likeness (QED) is 0.426. The van der Waals surface area contributed by atoms with E-state index in [-0.39, 0.29) is 5.75 Å². The van der Waals surface area contributed by atoms with Gasteiger partial charge in [0.05, 0.1) is 18.3 Å². The van der Waals surface area contributed by atoms with Crippen molar-refractivity contribution < 1.29 is 9.84 Å². The second-order valence-corrected chi connectivity index (χ2v) is 6.78. The maximum absolute atomic E-state index is 9.82. The maximum Gasteiger partial charge on any atom is 0.161 e. The van der Waals surface area contributed by atoms with E-state index in [1.165, 1.54) is 10.8 Å². The number of hydrogen-bond donors (Lipinski definition) is 2. The minimum atomic E-state index is 0.132. The topological polar surface area (TPSA) is 58.1 Å². The van der Waals surface area contributed by atoms with Crippen LogP contribution in [0, 0.1) is 0 Å². The fourth-order valence-corrected chi connectivity index (χ4v) is 3.61. The standard InChI is InChI=1S/C24H18N2O2/c1-28-23-14-18(9-11-22(23)27)17-8-10-20-21(13-17)25-26-24(20)19-7-6-15-4-2-3-5-16(15)12-19/h2-14,27H,1H3,(H,25,26). The molecule has 0 aliphatic heterocycles. The van der Waals surface area contributed by atoms with Gasteiger partial charge in [-0.1, -0.05) is 48.5 Å². The van der Waals surface area contributed by atoms with Crippen molar-refractivity contribution in [3.8, 4) is 33.9 Å². The zero-order valence-corrected chi connectivity index (χ0v) is 15.3. The van der Waals surface area contributed by atoms with Gasteiger partial charge < -0.3 is 9.84 Å². The molecule has 4 aromatic carbocycles. The third-order valence-corrected chi connectivity index (χ3v) is 5.10. The van der Waals surface area contributed by atoms with Gasteiger partial charge in [-0.2, -0.15) is 5.10 Å². The van der Waals surface area contributed by atoms with Crippen LogP contribution in [0.5, 0.6) is 11.5 Å². The molecule has 0 bridgehead atoms. The molecule has 0 aliphatic carbocycles. The molecular weight excluding hydrogens is 348 g/mol. The van der Waals surface area contributed by atoms with Crippen LogP contribution < -0.4 is 4.74 Å². The van der Waals surface area contributed by atoms with Crippen LogP contribution in [-0.2, 0) is 0 Å². The highest BCUT2D eigenvalue weighted by Crippen LogP contribution is 2.34. The predicted molar refractivity (Wildman–Crippen MR) is 113 cm³/mol. The average molecular weight is 366 g/mol. The minimum Gasteiger partial charge on any atom is -0.504 e. The van der Waals surface area contributed by atoms with E-state index in [1.807, 2.05) is 24.3 Å². The number of nitrogens with one attached hydrogen (secondary N) is 1. The molecule has 4 heteroatoms. The van der Waals surface area contributed by atoms with Crippen molar-refractivity contribution in [3.63, 3.8) is 0 Å². The smallest absolute Gasteiger partial charge is 0.161 e. The Balaban J connectivity index is 1.59. The molecule has 1 heterocycles. The Morgan fingerprint density at radius 3 is 2.39 bits per heavy atom. The predicted octanol–water partition coefficient (Wildman–Crippen LogP) is 5.76. The van der Waals surface area contributed by atoms with Crippen LogP contribution in [0.2, 0.25) is 0 Å². The second-order valence-electron chi connectivity index (χ2n) is 6.78. The minimum absolute atomic E-state index is 0.132. The molecule has 0 unspecified atom stereocenters. The first kappa shape index (κ1) is 16.4. The molecule has 136 valence electrons. The highest BCUT2D eigenvalue weighted by atomic mass is 16.5. The summed E-state index contributed by atoms with van der Waals surface area (Å²) >= 11 is 0. The Labute approximate surface area is 162 Å². The molecule has 0 spiro atoms. The Kier molecular flexibility index (Phi) is 3.76. The highest BCUT2D eigenvalue weighted by Gasteiger charge is 2.11. The normalized spacial score (nSPS) is 11.2. The van der Waals surface area contributed by atoms with Crippen LogP contribution in [0.1, 0.15) is 0 Å². The zero-order chi connectivity index (χ0) is 19.1. The fraction of sp³-hybridized carbons (Fsp3) is 0.0417. The summed E-state index contributed by atoms with van der Waals surface area (Å²) in [5.41, 5.74) is 4.99. The number of aromatic nitrogens is 2. The molecule has 0 aliphatic rings. The number of phenols is 1. The lowest BCUT2D eigenvalue weighted by molar-refractivity contribution is 0.373. The first-order valence-corrected chi connectivity index (χ1v) is 9.07. The molecule has 2 N–H and O–H groups in total. The van der Waals surface area contributed by atoms with Gasteiger partial charge in [-0.25, -0.2) is 0 Å². The number of aromatic amines is 1. The van der Waals surface area contributed by atoms with Crippen molar-refractivity contribution in [3.05, 3.63) is 78.9 Å². The molecular formula is C24H18N2O2. The second kappa shape index (κ2) is 6.43. The number of methoxy groups -OCH3 is 1. The van der Waals surface area contributed by atoms with Crippen molar-refractivity contribution >= 4 is 21.7 Å². The Hall–Kier alpha value is -3.79. The van der Waals surface area contributed by atoms with E-state index in [2.05, 4.69) is 58.7 Å². The molecule has 0 saturated heterocycles. The van der Waals surface area contributed by atoms with Gasteiger partial charge in [-0.15, -0.1) is 0 Å². The highest BCUT2D eigenvalue weighted by molar-refractivity contribution is 5.97. The summed E-state index contributed by atoms with van der Waals surface area (Å²) in [7, 11) is 1.55. The molecule has 4 nitrogen and oxygen atoms in total. The molecule has 0 atom stereocenters. The van der Waals surface area contributed by atoms with Crippen LogP contribution in [-0.4, -0.2) is 22.4 Å². The molecule has 5 aromatic rings. The third-order valence-electron chi connectivity index (χ3n) is 5.10. The van der Waals surface area contributed by atoms with Gasteiger partial charge in [0.25, 0.3) is 0 Å². The van der Waals surface area contributed by atoms with Gasteiger partial charge in [-0.3, -0.25) is 5.10 Å². The summed E-state index contributed by atoms with van der Waals surface area (Å²) in [6, 6.07) is 26.3. The Morgan fingerprint density at radius 2 is 1.54 bits per heavy atom. The average Bonchev–Trinajstić information content (AvgIpc) is 3.17. The first-order valence-electron chi connectivity index (χ1n) is 9.07. The van der Waals surface area contributed by atoms with Crippen LogP contribution in [0.3, 0.4) is 0 Å². The van der Waals surface area contributed by atoms with Gasteiger partial charge in [0, 0.05) is 10.9 Å². The Morgan fingerprint density at radius 1 is 0.786 bits per heavy atom. The van der Waals surface area contributed by atoms with Crippen LogP contribution in [0.15, 0.2) is 78.9 Å². The van der Waals surface area contributed by atoms with Gasteiger partial charge >= 0.3 is 0 Å². The number of benzene rings is 4. The van der Waals surface area contributed by atoms with Crippen LogP contribution in [0.4, 0.5) is 0 Å². The van der Waals surface area contributed by atoms with E-state index in [4.69, 9.17) is 4.74 Å². The van der Waals surface area contributed by atoms with E-state index in [0.29, 0.717) is 5.75 Å². The van der Waals surface area contributed by atoms with E-state index in [9.17, 15) is 5.11 Å². The van der Waals surface area contributed by atoms with Gasteiger partial charge in [0.2, 0.25) is 0 Å². The SMILES string of the molecule is COc1cc(-c2ccc3c(-c4ccc5ccccc5c4)n[nH]c3c2)ccc1O. The lowest BCUT2D eigenvalue weighted by Crippen LogP contribution is -1.85. The number of nitrogens with zero attached hydrogens (tertiary/aromatic N) is 1. The van der Waals surface area contributed by atoms with Crippen molar-refractivity contribution in [1.82, 2.24) is 10.2 Å². The number of hydrogen-bond acceptors (Lipinski definition) is 3. The monoisotopic (exact) mass is 366 g/mol. The molecule has 0 amide bonds.